The highest BCUT2D eigenvalue weighted by Crippen LogP contribution is 2.18. The minimum Gasteiger partial charge on any atom is -0.0894 e. The van der Waals surface area contributed by atoms with Crippen molar-refractivity contribution < 1.29 is 0 Å². The zero-order valence-corrected chi connectivity index (χ0v) is 12.4. The Morgan fingerprint density at radius 3 is 2.29 bits per heavy atom. The van der Waals surface area contributed by atoms with Crippen LogP contribution < -0.4 is 0 Å². The molecule has 14 heavy (non-hydrogen) atoms. The van der Waals surface area contributed by atoms with Crippen LogP contribution in [0.5, 0.6) is 0 Å². The van der Waals surface area contributed by atoms with Gasteiger partial charge in [0.15, 0.2) is 0 Å². The van der Waals surface area contributed by atoms with Crippen molar-refractivity contribution in [3.05, 3.63) is 33.4 Å². The van der Waals surface area contributed by atoms with Crippen LogP contribution in [0.3, 0.4) is 0 Å². The molecule has 0 heterocycles. The van der Waals surface area contributed by atoms with E-state index in [1.165, 1.54) is 22.0 Å². The lowest BCUT2D eigenvalue weighted by molar-refractivity contribution is 0.533. The van der Waals surface area contributed by atoms with E-state index in [1.807, 2.05) is 0 Å². The van der Waals surface area contributed by atoms with E-state index in [4.69, 9.17) is 0 Å². The van der Waals surface area contributed by atoms with Crippen LogP contribution in [-0.2, 0) is 6.42 Å². The summed E-state index contributed by atoms with van der Waals surface area (Å²) >= 11 is 5.94. The maximum atomic E-state index is 3.60. The molecule has 1 aromatic carbocycles. The van der Waals surface area contributed by atoms with Gasteiger partial charge in [0.25, 0.3) is 0 Å². The monoisotopic (exact) mass is 366 g/mol. The summed E-state index contributed by atoms with van der Waals surface area (Å²) in [6.45, 7) is 4.53. The first-order valence-corrected chi connectivity index (χ1v) is 6.96. The molecule has 0 fully saturated rings. The van der Waals surface area contributed by atoms with Crippen LogP contribution in [0, 0.1) is 9.49 Å². The van der Waals surface area contributed by atoms with Gasteiger partial charge in [0.2, 0.25) is 0 Å². The summed E-state index contributed by atoms with van der Waals surface area (Å²) in [6.07, 6.45) is 2.43. The van der Waals surface area contributed by atoms with Crippen molar-refractivity contribution in [3.8, 4) is 0 Å². The largest absolute Gasteiger partial charge is 0.0894 e. The lowest BCUT2D eigenvalue weighted by atomic mass is 9.97. The summed E-state index contributed by atoms with van der Waals surface area (Å²) < 4.78 is 1.31. The predicted octanol–water partition coefficient (Wildman–Crippen LogP) is 4.64. The topological polar surface area (TPSA) is 0 Å². The average Bonchev–Trinajstić information content (AvgIpc) is 2.07. The summed E-state index contributed by atoms with van der Waals surface area (Å²) in [5.41, 5.74) is 1.45. The molecule has 78 valence electrons. The molecule has 0 amide bonds. The third-order valence-corrected chi connectivity index (χ3v) is 3.32. The molecule has 1 rings (SSSR count). The van der Waals surface area contributed by atoms with Crippen molar-refractivity contribution in [2.24, 2.45) is 5.92 Å². The number of halogens is 2. The van der Waals surface area contributed by atoms with E-state index in [0.717, 1.165) is 5.92 Å². The molecule has 1 aromatic rings. The molecule has 0 radical (unpaired) electrons. The zero-order chi connectivity index (χ0) is 10.6. The minimum atomic E-state index is 0.626. The van der Waals surface area contributed by atoms with Crippen molar-refractivity contribution in [1.82, 2.24) is 0 Å². The lowest BCUT2D eigenvalue weighted by Gasteiger charge is -2.12. The van der Waals surface area contributed by atoms with Gasteiger partial charge in [-0.15, -0.1) is 0 Å². The van der Waals surface area contributed by atoms with Gasteiger partial charge in [-0.25, -0.2) is 0 Å². The van der Waals surface area contributed by atoms with Crippen LogP contribution in [-0.4, -0.2) is 4.83 Å². The Balaban J connectivity index is 2.47. The second kappa shape index (κ2) is 6.11. The Kier molecular flexibility index (Phi) is 5.45. The normalized spacial score (nSPS) is 15.1. The van der Waals surface area contributed by atoms with Crippen molar-refractivity contribution in [1.29, 1.82) is 0 Å². The molecule has 0 aliphatic rings. The van der Waals surface area contributed by atoms with Crippen LogP contribution in [0.4, 0.5) is 0 Å². The van der Waals surface area contributed by atoms with E-state index in [-0.39, 0.29) is 0 Å². The fourth-order valence-corrected chi connectivity index (χ4v) is 2.66. The Morgan fingerprint density at radius 2 is 1.79 bits per heavy atom. The van der Waals surface area contributed by atoms with Crippen LogP contribution >= 0.6 is 38.5 Å². The van der Waals surface area contributed by atoms with Gasteiger partial charge in [-0.3, -0.25) is 0 Å². The second-order valence-corrected chi connectivity index (χ2v) is 6.76. The SMILES string of the molecule is CC(Br)CC(C)Cc1ccc(I)cc1. The number of rotatable bonds is 4. The predicted molar refractivity (Wildman–Crippen MR) is 75.0 cm³/mol. The maximum absolute atomic E-state index is 3.60. The highest BCUT2D eigenvalue weighted by Gasteiger charge is 2.06. The molecule has 0 spiro atoms. The van der Waals surface area contributed by atoms with Gasteiger partial charge in [-0.05, 0) is 59.0 Å². The molecule has 2 heteroatoms. The van der Waals surface area contributed by atoms with Gasteiger partial charge in [0.1, 0.15) is 0 Å². The first-order chi connectivity index (χ1) is 6.58. The highest BCUT2D eigenvalue weighted by molar-refractivity contribution is 14.1. The number of alkyl halides is 1. The average molecular weight is 367 g/mol. The highest BCUT2D eigenvalue weighted by atomic mass is 127. The molecule has 0 aliphatic carbocycles. The molecule has 0 bridgehead atoms. The quantitative estimate of drug-likeness (QED) is 0.537. The van der Waals surface area contributed by atoms with E-state index in [9.17, 15) is 0 Å². The summed E-state index contributed by atoms with van der Waals surface area (Å²) in [7, 11) is 0. The summed E-state index contributed by atoms with van der Waals surface area (Å²) in [5.74, 6) is 0.754. The van der Waals surface area contributed by atoms with Gasteiger partial charge in [0.05, 0.1) is 0 Å². The molecular weight excluding hydrogens is 351 g/mol. The van der Waals surface area contributed by atoms with Gasteiger partial charge < -0.3 is 0 Å². The Bertz CT molecular complexity index is 266. The van der Waals surface area contributed by atoms with Gasteiger partial charge in [0, 0.05) is 8.40 Å². The Hall–Kier alpha value is 0.430. The molecule has 0 saturated heterocycles. The maximum Gasteiger partial charge on any atom is 0.0130 e. The van der Waals surface area contributed by atoms with Gasteiger partial charge in [-0.1, -0.05) is 41.9 Å². The molecular formula is C12H16BrI. The van der Waals surface area contributed by atoms with Crippen molar-refractivity contribution in [2.75, 3.05) is 0 Å². The van der Waals surface area contributed by atoms with E-state index < -0.39 is 0 Å². The van der Waals surface area contributed by atoms with E-state index >= 15 is 0 Å². The molecule has 2 atom stereocenters. The smallest absolute Gasteiger partial charge is 0.0130 e. The molecule has 0 nitrogen and oxygen atoms in total. The summed E-state index contributed by atoms with van der Waals surface area (Å²) in [4.78, 5) is 0.626. The fourth-order valence-electron chi connectivity index (χ4n) is 1.66. The molecule has 0 aliphatic heterocycles. The van der Waals surface area contributed by atoms with E-state index in [0.29, 0.717) is 4.83 Å². The molecule has 0 aromatic heterocycles. The number of hydrogen-bond acceptors (Lipinski definition) is 0. The summed E-state index contributed by atoms with van der Waals surface area (Å²) in [6, 6.07) is 8.83. The van der Waals surface area contributed by atoms with Crippen LogP contribution in [0.2, 0.25) is 0 Å². The van der Waals surface area contributed by atoms with Crippen molar-refractivity contribution >= 4 is 38.5 Å². The lowest BCUT2D eigenvalue weighted by Crippen LogP contribution is -2.05. The van der Waals surface area contributed by atoms with E-state index in [1.54, 1.807) is 0 Å². The summed E-state index contributed by atoms with van der Waals surface area (Å²) in [5, 5.41) is 0. The number of benzene rings is 1. The molecule has 0 saturated carbocycles. The third kappa shape index (κ3) is 4.78. The zero-order valence-electron chi connectivity index (χ0n) is 8.63. The first kappa shape index (κ1) is 12.5. The van der Waals surface area contributed by atoms with Crippen LogP contribution in [0.1, 0.15) is 25.8 Å². The molecule has 2 unspecified atom stereocenters. The standard InChI is InChI=1S/C12H16BrI/c1-9(7-10(2)13)8-11-3-5-12(14)6-4-11/h3-6,9-10H,7-8H2,1-2H3. The number of hydrogen-bond donors (Lipinski definition) is 0. The molecule has 0 N–H and O–H groups in total. The third-order valence-electron chi connectivity index (χ3n) is 2.22. The van der Waals surface area contributed by atoms with Crippen LogP contribution in [0.15, 0.2) is 24.3 Å². The van der Waals surface area contributed by atoms with Gasteiger partial charge in [-0.2, -0.15) is 0 Å². The first-order valence-electron chi connectivity index (χ1n) is 4.96. The van der Waals surface area contributed by atoms with Crippen molar-refractivity contribution in [3.63, 3.8) is 0 Å². The Labute approximate surface area is 109 Å². The second-order valence-electron chi connectivity index (χ2n) is 3.95. The minimum absolute atomic E-state index is 0.626. The van der Waals surface area contributed by atoms with Crippen molar-refractivity contribution in [2.45, 2.75) is 31.5 Å². The fraction of sp³-hybridized carbons (Fsp3) is 0.500. The van der Waals surface area contributed by atoms with E-state index in [2.05, 4.69) is 76.6 Å². The Morgan fingerprint density at radius 1 is 1.21 bits per heavy atom. The van der Waals surface area contributed by atoms with Crippen LogP contribution in [0.25, 0.3) is 0 Å². The van der Waals surface area contributed by atoms with Gasteiger partial charge >= 0.3 is 0 Å².